The van der Waals surface area contributed by atoms with Crippen molar-refractivity contribution in [2.75, 3.05) is 0 Å². The zero-order valence-corrected chi connectivity index (χ0v) is 8.12. The summed E-state index contributed by atoms with van der Waals surface area (Å²) in [5, 5.41) is 4.00. The van der Waals surface area contributed by atoms with Crippen molar-refractivity contribution in [1.82, 2.24) is 14.8 Å². The summed E-state index contributed by atoms with van der Waals surface area (Å²) in [6.45, 7) is 2.32. The predicted octanol–water partition coefficient (Wildman–Crippen LogP) is 1.11. The molecule has 0 atom stereocenters. The molecular weight excluding hydrogens is 194 g/mol. The number of ether oxygens (including phenoxy) is 1. The van der Waals surface area contributed by atoms with Crippen molar-refractivity contribution in [2.45, 2.75) is 6.92 Å². The molecule has 0 fully saturated rings. The zero-order valence-electron chi connectivity index (χ0n) is 8.12. The van der Waals surface area contributed by atoms with Crippen LogP contribution in [0.25, 0.3) is 5.82 Å². The van der Waals surface area contributed by atoms with Gasteiger partial charge in [0.15, 0.2) is 11.6 Å². The lowest BCUT2D eigenvalue weighted by molar-refractivity contribution is -0.120. The van der Waals surface area contributed by atoms with E-state index in [9.17, 15) is 4.79 Å². The second kappa shape index (κ2) is 3.91. The van der Waals surface area contributed by atoms with Crippen LogP contribution in [0.15, 0.2) is 30.7 Å². The van der Waals surface area contributed by atoms with Crippen LogP contribution in [-0.2, 0) is 4.79 Å². The Bertz CT molecular complexity index is 462. The van der Waals surface area contributed by atoms with Crippen molar-refractivity contribution in [2.24, 2.45) is 0 Å². The Hall–Kier alpha value is -2.17. The first-order valence-corrected chi connectivity index (χ1v) is 4.37. The highest BCUT2D eigenvalue weighted by Crippen LogP contribution is 2.11. The summed E-state index contributed by atoms with van der Waals surface area (Å²) >= 11 is 0. The third-order valence-electron chi connectivity index (χ3n) is 1.87. The second-order valence-electron chi connectivity index (χ2n) is 3.03. The van der Waals surface area contributed by atoms with E-state index in [-0.39, 0.29) is 0 Å². The molecule has 2 aromatic rings. The summed E-state index contributed by atoms with van der Waals surface area (Å²) < 4.78 is 6.18. The number of pyridine rings is 1. The Morgan fingerprint density at radius 1 is 1.40 bits per heavy atom. The van der Waals surface area contributed by atoms with Crippen molar-refractivity contribution in [3.05, 3.63) is 36.3 Å². The minimum Gasteiger partial charge on any atom is -0.425 e. The first-order valence-electron chi connectivity index (χ1n) is 4.37. The van der Waals surface area contributed by atoms with Gasteiger partial charge in [-0.1, -0.05) is 6.07 Å². The average molecular weight is 203 g/mol. The van der Waals surface area contributed by atoms with Gasteiger partial charge in [-0.15, -0.1) is 0 Å². The van der Waals surface area contributed by atoms with E-state index >= 15 is 0 Å². The van der Waals surface area contributed by atoms with Gasteiger partial charge >= 0.3 is 0 Å². The highest BCUT2D eigenvalue weighted by Gasteiger charge is 2.01. The van der Waals surface area contributed by atoms with E-state index in [0.717, 1.165) is 5.56 Å². The normalized spacial score (nSPS) is 9.93. The molecule has 0 amide bonds. The third-order valence-corrected chi connectivity index (χ3v) is 1.87. The molecule has 0 saturated heterocycles. The molecule has 5 heteroatoms. The van der Waals surface area contributed by atoms with Crippen LogP contribution in [0.1, 0.15) is 5.56 Å². The smallest absolute Gasteiger partial charge is 0.298 e. The lowest BCUT2D eigenvalue weighted by atomic mass is 10.3. The van der Waals surface area contributed by atoms with E-state index in [2.05, 4.69) is 14.8 Å². The molecule has 0 aliphatic carbocycles. The molecule has 2 heterocycles. The van der Waals surface area contributed by atoms with Gasteiger partial charge in [-0.2, -0.15) is 5.10 Å². The fourth-order valence-corrected chi connectivity index (χ4v) is 1.14. The summed E-state index contributed by atoms with van der Waals surface area (Å²) in [5.41, 5.74) is 1.08. The molecule has 0 unspecified atom stereocenters. The minimum absolute atomic E-state index is 0.365. The van der Waals surface area contributed by atoms with Crippen LogP contribution in [0, 0.1) is 6.92 Å². The van der Waals surface area contributed by atoms with Crippen molar-refractivity contribution in [3.8, 4) is 11.6 Å². The summed E-state index contributed by atoms with van der Waals surface area (Å²) in [5.74, 6) is 1.08. The number of rotatable bonds is 3. The fraction of sp³-hybridized carbons (Fsp3) is 0.100. The molecule has 15 heavy (non-hydrogen) atoms. The number of carbonyl (C=O) groups excluding carboxylic acids is 1. The van der Waals surface area contributed by atoms with Gasteiger partial charge in [-0.3, -0.25) is 4.79 Å². The molecule has 0 bridgehead atoms. The molecule has 2 rings (SSSR count). The van der Waals surface area contributed by atoms with Gasteiger partial charge in [0.05, 0.1) is 12.4 Å². The van der Waals surface area contributed by atoms with E-state index < -0.39 is 0 Å². The lowest BCUT2D eigenvalue weighted by Crippen LogP contribution is -1.97. The van der Waals surface area contributed by atoms with Crippen molar-refractivity contribution in [1.29, 1.82) is 0 Å². The molecule has 0 aliphatic heterocycles. The maximum Gasteiger partial charge on any atom is 0.298 e. The van der Waals surface area contributed by atoms with Gasteiger partial charge in [-0.25, -0.2) is 9.67 Å². The summed E-state index contributed by atoms with van der Waals surface area (Å²) in [6, 6.07) is 3.78. The number of hydrogen-bond acceptors (Lipinski definition) is 4. The SMILES string of the molecule is Cc1ccc(-n2cc(OC=O)cn2)nc1. The molecule has 0 aliphatic rings. The predicted molar refractivity (Wildman–Crippen MR) is 52.8 cm³/mol. The number of aryl methyl sites for hydroxylation is 1. The maximum absolute atomic E-state index is 10.1. The van der Waals surface area contributed by atoms with Crippen LogP contribution < -0.4 is 4.74 Å². The average Bonchev–Trinajstić information content (AvgIpc) is 2.68. The standard InChI is InChI=1S/C10H9N3O2/c1-8-2-3-10(11-4-8)13-6-9(5-12-13)15-7-14/h2-7H,1H3. The molecule has 5 nitrogen and oxygen atoms in total. The molecule has 0 spiro atoms. The number of carbonyl (C=O) groups is 1. The minimum atomic E-state index is 0.365. The van der Waals surface area contributed by atoms with Crippen molar-refractivity contribution in [3.63, 3.8) is 0 Å². The van der Waals surface area contributed by atoms with E-state index in [1.807, 2.05) is 19.1 Å². The van der Waals surface area contributed by atoms with Gasteiger partial charge in [0.2, 0.25) is 0 Å². The van der Waals surface area contributed by atoms with Gasteiger partial charge < -0.3 is 4.74 Å². The number of nitrogens with zero attached hydrogens (tertiary/aromatic N) is 3. The summed E-state index contributed by atoms with van der Waals surface area (Å²) in [7, 11) is 0. The molecule has 2 aromatic heterocycles. The second-order valence-corrected chi connectivity index (χ2v) is 3.03. The molecule has 0 radical (unpaired) electrons. The van der Waals surface area contributed by atoms with Crippen LogP contribution in [0.3, 0.4) is 0 Å². The largest absolute Gasteiger partial charge is 0.425 e. The van der Waals surface area contributed by atoms with Crippen LogP contribution >= 0.6 is 0 Å². The zero-order chi connectivity index (χ0) is 10.7. The Balaban J connectivity index is 2.28. The molecular formula is C10H9N3O2. The first-order chi connectivity index (χ1) is 7.29. The maximum atomic E-state index is 10.1. The van der Waals surface area contributed by atoms with Gasteiger partial charge in [0.1, 0.15) is 0 Å². The van der Waals surface area contributed by atoms with Crippen molar-refractivity contribution >= 4 is 6.47 Å². The first kappa shape index (κ1) is 9.39. The Morgan fingerprint density at radius 3 is 2.93 bits per heavy atom. The topological polar surface area (TPSA) is 57.0 Å². The van der Waals surface area contributed by atoms with E-state index in [1.165, 1.54) is 10.9 Å². The summed E-state index contributed by atoms with van der Waals surface area (Å²) in [4.78, 5) is 14.3. The monoisotopic (exact) mass is 203 g/mol. The van der Waals surface area contributed by atoms with Gasteiger partial charge in [-0.05, 0) is 18.6 Å². The highest BCUT2D eigenvalue weighted by molar-refractivity contribution is 5.44. The van der Waals surface area contributed by atoms with Crippen LogP contribution in [-0.4, -0.2) is 21.2 Å². The molecule has 0 N–H and O–H groups in total. The Morgan fingerprint density at radius 2 is 2.27 bits per heavy atom. The lowest BCUT2D eigenvalue weighted by Gasteiger charge is -1.99. The fourth-order valence-electron chi connectivity index (χ4n) is 1.14. The van der Waals surface area contributed by atoms with Crippen molar-refractivity contribution < 1.29 is 9.53 Å². The molecule has 0 saturated carbocycles. The third kappa shape index (κ3) is 2.01. The van der Waals surface area contributed by atoms with E-state index in [1.54, 1.807) is 12.4 Å². The molecule has 0 aromatic carbocycles. The highest BCUT2D eigenvalue weighted by atomic mass is 16.5. The number of hydrogen-bond donors (Lipinski definition) is 0. The number of aromatic nitrogens is 3. The van der Waals surface area contributed by atoms with Crippen LogP contribution in [0.5, 0.6) is 5.75 Å². The van der Waals surface area contributed by atoms with Crippen LogP contribution in [0.2, 0.25) is 0 Å². The van der Waals surface area contributed by atoms with Crippen LogP contribution in [0.4, 0.5) is 0 Å². The molecule has 76 valence electrons. The Kier molecular flexibility index (Phi) is 2.45. The summed E-state index contributed by atoms with van der Waals surface area (Å²) in [6.07, 6.45) is 4.79. The van der Waals surface area contributed by atoms with Gasteiger partial charge in [0, 0.05) is 6.20 Å². The Labute approximate surface area is 86.3 Å². The van der Waals surface area contributed by atoms with E-state index in [4.69, 9.17) is 0 Å². The van der Waals surface area contributed by atoms with E-state index in [0.29, 0.717) is 18.0 Å². The quantitative estimate of drug-likeness (QED) is 0.701. The van der Waals surface area contributed by atoms with Gasteiger partial charge in [0.25, 0.3) is 6.47 Å².